The number of fused-ring (bicyclic) bond motifs is 1. The van der Waals surface area contributed by atoms with Gasteiger partial charge in [-0.25, -0.2) is 9.97 Å². The van der Waals surface area contributed by atoms with Gasteiger partial charge in [0.1, 0.15) is 17.5 Å². The second-order valence-corrected chi connectivity index (χ2v) is 5.52. The van der Waals surface area contributed by atoms with Crippen LogP contribution in [0.25, 0.3) is 11.6 Å². The van der Waals surface area contributed by atoms with Crippen LogP contribution in [0.15, 0.2) is 28.7 Å². The fourth-order valence-corrected chi connectivity index (χ4v) is 2.53. The van der Waals surface area contributed by atoms with Gasteiger partial charge < -0.3 is 0 Å². The van der Waals surface area contributed by atoms with Crippen LogP contribution in [-0.4, -0.2) is 39.6 Å². The fourth-order valence-electron chi connectivity index (χ4n) is 2.53. The molecule has 0 saturated heterocycles. The first-order chi connectivity index (χ1) is 12.6. The van der Waals surface area contributed by atoms with Crippen molar-refractivity contribution in [3.8, 4) is 12.0 Å². The van der Waals surface area contributed by atoms with E-state index in [-0.39, 0.29) is 5.82 Å². The third kappa shape index (κ3) is 2.32. The number of nitrogens with one attached hydrogen (secondary N) is 1. The summed E-state index contributed by atoms with van der Waals surface area (Å²) in [6.07, 6.45) is 3.18. The van der Waals surface area contributed by atoms with Gasteiger partial charge in [0.05, 0.1) is 11.4 Å². The normalized spacial score (nSPS) is 11.5. The Morgan fingerprint density at radius 2 is 1.85 bits per heavy atom. The number of azo groups is 1. The van der Waals surface area contributed by atoms with Crippen LogP contribution in [0.1, 0.15) is 22.8 Å². The molecular formula is C15H13N11. The summed E-state index contributed by atoms with van der Waals surface area (Å²) < 4.78 is 3.05. The molecule has 0 aliphatic carbocycles. The molecule has 0 aliphatic rings. The van der Waals surface area contributed by atoms with Crippen molar-refractivity contribution in [1.82, 2.24) is 39.6 Å². The smallest absolute Gasteiger partial charge is 0.252 e. The summed E-state index contributed by atoms with van der Waals surface area (Å²) in [6, 6.07) is 3.80. The van der Waals surface area contributed by atoms with Crippen molar-refractivity contribution < 1.29 is 0 Å². The number of aryl methyl sites for hydroxylation is 3. The maximum absolute atomic E-state index is 9.47. The van der Waals surface area contributed by atoms with Crippen molar-refractivity contribution in [2.24, 2.45) is 10.2 Å². The summed E-state index contributed by atoms with van der Waals surface area (Å²) >= 11 is 0. The lowest BCUT2D eigenvalue weighted by Crippen LogP contribution is -2.01. The molecule has 11 heteroatoms. The standard InChI is InChI=1S/C15H13N11/c1-8-11(7-16)13(26(23-8)15-17-5-4-6-18-15)21-20-12-9(2)24-25-10(3)19-22-14(12)25/h4-6,22H,1-3H3/b21-20+. The number of aromatic nitrogens is 8. The molecule has 11 nitrogen and oxygen atoms in total. The van der Waals surface area contributed by atoms with Crippen molar-refractivity contribution in [3.05, 3.63) is 41.2 Å². The van der Waals surface area contributed by atoms with Crippen molar-refractivity contribution in [2.45, 2.75) is 20.8 Å². The van der Waals surface area contributed by atoms with Gasteiger partial charge in [-0.15, -0.1) is 10.2 Å². The topological polar surface area (TPSA) is 138 Å². The van der Waals surface area contributed by atoms with Crippen LogP contribution >= 0.6 is 0 Å². The van der Waals surface area contributed by atoms with E-state index < -0.39 is 0 Å². The Labute approximate surface area is 147 Å². The quantitative estimate of drug-likeness (QED) is 0.564. The van der Waals surface area contributed by atoms with E-state index >= 15 is 0 Å². The summed E-state index contributed by atoms with van der Waals surface area (Å²) in [5.41, 5.74) is 2.67. The molecule has 0 radical (unpaired) electrons. The van der Waals surface area contributed by atoms with Gasteiger partial charge in [-0.1, -0.05) is 0 Å². The van der Waals surface area contributed by atoms with E-state index in [1.54, 1.807) is 29.9 Å². The Hall–Kier alpha value is -3.94. The molecule has 128 valence electrons. The van der Waals surface area contributed by atoms with Crippen LogP contribution in [0, 0.1) is 32.1 Å². The molecule has 4 rings (SSSR count). The average Bonchev–Trinajstić information content (AvgIpc) is 3.27. The summed E-state index contributed by atoms with van der Waals surface area (Å²) in [6.45, 7) is 5.37. The van der Waals surface area contributed by atoms with Crippen LogP contribution in [-0.2, 0) is 0 Å². The van der Waals surface area contributed by atoms with Crippen LogP contribution in [0.4, 0.5) is 11.5 Å². The molecule has 0 atom stereocenters. The first-order valence-corrected chi connectivity index (χ1v) is 7.69. The van der Waals surface area contributed by atoms with Crippen LogP contribution in [0.3, 0.4) is 0 Å². The average molecular weight is 347 g/mol. The minimum atomic E-state index is 0.256. The van der Waals surface area contributed by atoms with Crippen molar-refractivity contribution in [1.29, 1.82) is 5.26 Å². The zero-order valence-electron chi connectivity index (χ0n) is 14.2. The zero-order chi connectivity index (χ0) is 18.3. The number of H-pyrrole nitrogens is 1. The summed E-state index contributed by atoms with van der Waals surface area (Å²) in [5.74, 6) is 1.27. The Kier molecular flexibility index (Phi) is 3.51. The fraction of sp³-hybridized carbons (Fsp3) is 0.200. The van der Waals surface area contributed by atoms with E-state index in [9.17, 15) is 5.26 Å². The molecule has 0 aromatic carbocycles. The Morgan fingerprint density at radius 1 is 1.08 bits per heavy atom. The van der Waals surface area contributed by atoms with E-state index in [0.717, 1.165) is 0 Å². The molecule has 0 spiro atoms. The Morgan fingerprint density at radius 3 is 2.58 bits per heavy atom. The van der Waals surface area contributed by atoms with E-state index in [0.29, 0.717) is 40.1 Å². The molecule has 4 heterocycles. The van der Waals surface area contributed by atoms with Gasteiger partial charge in [-0.05, 0) is 26.8 Å². The molecule has 1 N–H and O–H groups in total. The van der Waals surface area contributed by atoms with Gasteiger partial charge in [0.2, 0.25) is 0 Å². The van der Waals surface area contributed by atoms with Gasteiger partial charge in [-0.3, -0.25) is 5.10 Å². The number of rotatable bonds is 3. The van der Waals surface area contributed by atoms with Crippen molar-refractivity contribution in [3.63, 3.8) is 0 Å². The molecule has 0 fully saturated rings. The Balaban J connectivity index is 1.87. The van der Waals surface area contributed by atoms with E-state index in [1.807, 2.05) is 13.8 Å². The van der Waals surface area contributed by atoms with Crippen LogP contribution in [0.5, 0.6) is 0 Å². The second-order valence-electron chi connectivity index (χ2n) is 5.52. The van der Waals surface area contributed by atoms with Crippen LogP contribution < -0.4 is 0 Å². The molecule has 26 heavy (non-hydrogen) atoms. The van der Waals surface area contributed by atoms with Gasteiger partial charge in [0.15, 0.2) is 17.2 Å². The van der Waals surface area contributed by atoms with Gasteiger partial charge in [0.25, 0.3) is 5.95 Å². The summed E-state index contributed by atoms with van der Waals surface area (Å²) in [5, 5.41) is 33.7. The highest BCUT2D eigenvalue weighted by atomic mass is 15.4. The largest absolute Gasteiger partial charge is 0.258 e. The van der Waals surface area contributed by atoms with Gasteiger partial charge in [0, 0.05) is 12.4 Å². The summed E-state index contributed by atoms with van der Waals surface area (Å²) in [4.78, 5) is 8.32. The third-order valence-corrected chi connectivity index (χ3v) is 3.79. The maximum atomic E-state index is 9.47. The van der Waals surface area contributed by atoms with E-state index in [2.05, 4.69) is 46.7 Å². The lowest BCUT2D eigenvalue weighted by molar-refractivity contribution is 0.793. The number of nitriles is 1. The third-order valence-electron chi connectivity index (χ3n) is 3.79. The molecule has 0 saturated carbocycles. The highest BCUT2D eigenvalue weighted by Crippen LogP contribution is 2.29. The molecule has 0 aliphatic heterocycles. The minimum Gasteiger partial charge on any atom is -0.258 e. The SMILES string of the molecule is Cc1nn(-c2ncccn2)c(/N=N/c2c(C)nn3c(C)n[nH]c23)c1C#N. The predicted octanol–water partition coefficient (Wildman–Crippen LogP) is 2.25. The highest BCUT2D eigenvalue weighted by Gasteiger charge is 2.19. The highest BCUT2D eigenvalue weighted by molar-refractivity contribution is 5.66. The monoisotopic (exact) mass is 347 g/mol. The number of aromatic amines is 1. The first kappa shape index (κ1) is 15.6. The van der Waals surface area contributed by atoms with Gasteiger partial charge >= 0.3 is 0 Å². The molecule has 4 aromatic rings. The zero-order valence-corrected chi connectivity index (χ0v) is 14.2. The van der Waals surface area contributed by atoms with E-state index in [4.69, 9.17) is 0 Å². The molecule has 0 unspecified atom stereocenters. The predicted molar refractivity (Wildman–Crippen MR) is 89.6 cm³/mol. The first-order valence-electron chi connectivity index (χ1n) is 7.69. The Bertz CT molecular complexity index is 1170. The van der Waals surface area contributed by atoms with Crippen molar-refractivity contribution >= 4 is 17.2 Å². The molecule has 0 bridgehead atoms. The lowest BCUT2D eigenvalue weighted by atomic mass is 10.3. The summed E-state index contributed by atoms with van der Waals surface area (Å²) in [7, 11) is 0. The molecular weight excluding hydrogens is 334 g/mol. The van der Waals surface area contributed by atoms with Crippen LogP contribution in [0.2, 0.25) is 0 Å². The van der Waals surface area contributed by atoms with Gasteiger partial charge in [-0.2, -0.15) is 29.8 Å². The molecule has 4 aromatic heterocycles. The number of hydrogen-bond donors (Lipinski definition) is 1. The minimum absolute atomic E-state index is 0.256. The van der Waals surface area contributed by atoms with E-state index in [1.165, 1.54) is 4.68 Å². The second kappa shape index (κ2) is 5.85. The molecule has 0 amide bonds. The lowest BCUT2D eigenvalue weighted by Gasteiger charge is -2.00. The maximum Gasteiger partial charge on any atom is 0.252 e. The number of nitrogens with zero attached hydrogens (tertiary/aromatic N) is 10. The number of hydrogen-bond acceptors (Lipinski definition) is 8. The van der Waals surface area contributed by atoms with Crippen molar-refractivity contribution in [2.75, 3.05) is 0 Å².